The Bertz CT molecular complexity index is 501. The molecule has 1 aliphatic heterocycles. The molecule has 1 heterocycles. The van der Waals surface area contributed by atoms with Crippen molar-refractivity contribution in [2.75, 3.05) is 6.54 Å². The zero-order valence-corrected chi connectivity index (χ0v) is 15.4. The Hall–Kier alpha value is -0.00610. The molecule has 2 rings (SSSR count). The molecule has 0 aliphatic carbocycles. The minimum absolute atomic E-state index is 0. The molecule has 99 valence electrons. The smallest absolute Gasteiger partial charge is 0.236 e. The second kappa shape index (κ2) is 7.13. The van der Waals surface area contributed by atoms with Gasteiger partial charge in [0, 0.05) is 45.0 Å². The van der Waals surface area contributed by atoms with Gasteiger partial charge in [0.1, 0.15) is 0 Å². The van der Waals surface area contributed by atoms with Gasteiger partial charge in [0.25, 0.3) is 0 Å². The van der Waals surface area contributed by atoms with Gasteiger partial charge in [0.2, 0.25) is 5.91 Å². The second-order valence-corrected chi connectivity index (χ2v) is 5.42. The number of hydrogen-bond acceptors (Lipinski definition) is 2. The van der Waals surface area contributed by atoms with E-state index in [2.05, 4.69) is 6.08 Å². The number of phenolic OH excluding ortho intramolecular Hbond substituents is 1. The molecule has 0 fully saturated rings. The Morgan fingerprint density at radius 1 is 1.58 bits per heavy atom. The van der Waals surface area contributed by atoms with Crippen molar-refractivity contribution < 1.29 is 47.0 Å². The number of allylic oxidation sites excluding steroid dienone is 1. The number of halogens is 2. The van der Waals surface area contributed by atoms with Crippen molar-refractivity contribution in [2.24, 2.45) is 0 Å². The molecule has 1 aromatic carbocycles. The molecule has 1 unspecified atom stereocenters. The number of rotatable bonds is 2. The predicted octanol–water partition coefficient (Wildman–Crippen LogP) is 2.73. The molecule has 0 spiro atoms. The van der Waals surface area contributed by atoms with Gasteiger partial charge in [-0.3, -0.25) is 4.79 Å². The Morgan fingerprint density at radius 2 is 2.26 bits per heavy atom. The maximum Gasteiger partial charge on any atom is 0.236 e. The van der Waals surface area contributed by atoms with Gasteiger partial charge in [-0.25, -0.2) is 10.5 Å². The minimum Gasteiger partial charge on any atom is -0.526 e. The van der Waals surface area contributed by atoms with Crippen molar-refractivity contribution in [2.45, 2.75) is 17.3 Å². The van der Waals surface area contributed by atoms with Crippen LogP contribution in [0.5, 0.6) is 5.75 Å². The summed E-state index contributed by atoms with van der Waals surface area (Å²) in [7, 11) is 0. The summed E-state index contributed by atoms with van der Waals surface area (Å²) in [5.74, 6) is -0.791. The van der Waals surface area contributed by atoms with Gasteiger partial charge in [0.15, 0.2) is 0 Å². The van der Waals surface area contributed by atoms with E-state index in [4.69, 9.17) is 0 Å². The summed E-state index contributed by atoms with van der Waals surface area (Å²) in [4.78, 5) is 13.5. The van der Waals surface area contributed by atoms with Crippen LogP contribution in [-0.2, 0) is 37.5 Å². The van der Waals surface area contributed by atoms with Crippen LogP contribution >= 0.6 is 22.6 Å². The molecule has 0 bridgehead atoms. The molecular formula is C13H12FINO2Y-. The summed E-state index contributed by atoms with van der Waals surface area (Å²) in [5, 5.41) is 9.77. The molecule has 0 aromatic heterocycles. The number of carbonyl (C=O) groups is 1. The van der Waals surface area contributed by atoms with Crippen molar-refractivity contribution in [3.05, 3.63) is 35.7 Å². The van der Waals surface area contributed by atoms with E-state index in [1.165, 1.54) is 23.1 Å². The SMILES string of the molecule is CCN1C(=O)C(I)C[C-]=C1c1c(O)cccc1F.[Y]. The molecule has 1 radical (unpaired) electrons. The average molecular weight is 449 g/mol. The Kier molecular flexibility index (Phi) is 6.40. The Morgan fingerprint density at radius 3 is 2.84 bits per heavy atom. The third kappa shape index (κ3) is 3.36. The monoisotopic (exact) mass is 449 g/mol. The largest absolute Gasteiger partial charge is 0.526 e. The van der Waals surface area contributed by atoms with Crippen molar-refractivity contribution in [3.63, 3.8) is 0 Å². The summed E-state index contributed by atoms with van der Waals surface area (Å²) in [6.45, 7) is 2.24. The van der Waals surface area contributed by atoms with E-state index in [1.54, 1.807) is 0 Å². The molecule has 19 heavy (non-hydrogen) atoms. The first-order chi connectivity index (χ1) is 8.56. The fourth-order valence-electron chi connectivity index (χ4n) is 1.93. The molecule has 6 heteroatoms. The third-order valence-corrected chi connectivity index (χ3v) is 3.77. The molecule has 0 saturated heterocycles. The van der Waals surface area contributed by atoms with Gasteiger partial charge < -0.3 is 10.0 Å². The standard InChI is InChI=1S/C13H12FINO2.Y/c1-2-16-10(7-6-9(15)13(16)18)12-8(14)4-3-5-11(12)17;/h3-5,9,17H,2,6H2,1H3;/q-1;. The van der Waals surface area contributed by atoms with Crippen molar-refractivity contribution >= 4 is 34.2 Å². The number of alkyl halides is 1. The van der Waals surface area contributed by atoms with Crippen molar-refractivity contribution in [1.82, 2.24) is 4.90 Å². The van der Waals surface area contributed by atoms with Gasteiger partial charge in [-0.2, -0.15) is 0 Å². The van der Waals surface area contributed by atoms with Crippen LogP contribution in [0, 0.1) is 11.9 Å². The first kappa shape index (κ1) is 17.0. The van der Waals surface area contributed by atoms with Crippen LogP contribution in [0.2, 0.25) is 0 Å². The van der Waals surface area contributed by atoms with Crippen LogP contribution < -0.4 is 0 Å². The maximum absolute atomic E-state index is 13.8. The molecule has 1 aromatic rings. The van der Waals surface area contributed by atoms with Gasteiger partial charge >= 0.3 is 0 Å². The minimum atomic E-state index is -0.546. The van der Waals surface area contributed by atoms with Crippen molar-refractivity contribution in [3.8, 4) is 5.75 Å². The molecule has 1 atom stereocenters. The van der Waals surface area contributed by atoms with E-state index in [-0.39, 0.29) is 53.9 Å². The third-order valence-electron chi connectivity index (χ3n) is 2.80. The number of hydrogen-bond donors (Lipinski definition) is 1. The van der Waals surface area contributed by atoms with Crippen LogP contribution in [0.25, 0.3) is 5.70 Å². The van der Waals surface area contributed by atoms with Gasteiger partial charge in [0.05, 0.1) is 9.74 Å². The second-order valence-electron chi connectivity index (χ2n) is 3.91. The van der Waals surface area contributed by atoms with Crippen LogP contribution in [0.4, 0.5) is 4.39 Å². The molecular weight excluding hydrogens is 437 g/mol. The fourth-order valence-corrected chi connectivity index (χ4v) is 2.49. The number of phenols is 1. The first-order valence-corrected chi connectivity index (χ1v) is 6.85. The molecule has 1 amide bonds. The number of amides is 1. The average Bonchev–Trinajstić information content (AvgIpc) is 2.33. The van der Waals surface area contributed by atoms with Crippen molar-refractivity contribution in [1.29, 1.82) is 0 Å². The summed E-state index contributed by atoms with van der Waals surface area (Å²) < 4.78 is 13.6. The first-order valence-electron chi connectivity index (χ1n) is 5.60. The Labute approximate surface area is 150 Å². The number of carbonyl (C=O) groups excluding carboxylic acids is 1. The summed E-state index contributed by atoms with van der Waals surface area (Å²) in [5.41, 5.74) is 0.391. The molecule has 1 aliphatic rings. The fraction of sp³-hybridized carbons (Fsp3) is 0.308. The normalized spacial score (nSPS) is 18.9. The van der Waals surface area contributed by atoms with E-state index in [0.29, 0.717) is 18.7 Å². The quantitative estimate of drug-likeness (QED) is 0.429. The van der Waals surface area contributed by atoms with E-state index >= 15 is 0 Å². The maximum atomic E-state index is 13.8. The van der Waals surface area contributed by atoms with Crippen LogP contribution in [0.3, 0.4) is 0 Å². The van der Waals surface area contributed by atoms with Gasteiger partial charge in [-0.05, 0) is 19.1 Å². The molecule has 0 saturated carbocycles. The van der Waals surface area contributed by atoms with E-state index in [9.17, 15) is 14.3 Å². The van der Waals surface area contributed by atoms with Gasteiger partial charge in [-0.1, -0.05) is 40.6 Å². The van der Waals surface area contributed by atoms with E-state index in [0.717, 1.165) is 0 Å². The molecule has 3 nitrogen and oxygen atoms in total. The summed E-state index contributed by atoms with van der Waals surface area (Å²) in [6.07, 6.45) is 3.44. The summed E-state index contributed by atoms with van der Waals surface area (Å²) >= 11 is 2.04. The van der Waals surface area contributed by atoms with Crippen LogP contribution in [-0.4, -0.2) is 26.4 Å². The predicted molar refractivity (Wildman–Crippen MR) is 74.5 cm³/mol. The molecule has 1 N–H and O–H groups in total. The Balaban J connectivity index is 0.00000180. The number of aromatic hydroxyl groups is 1. The van der Waals surface area contributed by atoms with E-state index < -0.39 is 5.82 Å². The number of benzene rings is 1. The van der Waals surface area contributed by atoms with E-state index in [1.807, 2.05) is 29.5 Å². The van der Waals surface area contributed by atoms with Crippen LogP contribution in [0.1, 0.15) is 18.9 Å². The van der Waals surface area contributed by atoms with Crippen LogP contribution in [0.15, 0.2) is 18.2 Å². The topological polar surface area (TPSA) is 40.5 Å². The zero-order chi connectivity index (χ0) is 13.3. The zero-order valence-electron chi connectivity index (χ0n) is 10.4. The van der Waals surface area contributed by atoms with Gasteiger partial charge in [-0.15, -0.1) is 5.70 Å². The number of nitrogens with zero attached hydrogens (tertiary/aromatic N) is 1. The summed E-state index contributed by atoms with van der Waals surface area (Å²) in [6, 6.07) is 4.09.